The van der Waals surface area contributed by atoms with E-state index in [1.807, 2.05) is 60.7 Å². The fourth-order valence-corrected chi connectivity index (χ4v) is 5.10. The summed E-state index contributed by atoms with van der Waals surface area (Å²) in [7, 11) is 3.18. The molecule has 2 amide bonds. The Hall–Kier alpha value is -4.58. The van der Waals surface area contributed by atoms with Crippen molar-refractivity contribution in [3.8, 4) is 11.5 Å². The van der Waals surface area contributed by atoms with Crippen molar-refractivity contribution in [1.29, 1.82) is 0 Å². The molecule has 0 saturated heterocycles. The van der Waals surface area contributed by atoms with Crippen LogP contribution in [0.2, 0.25) is 0 Å². The molecule has 1 N–H and O–H groups in total. The summed E-state index contributed by atoms with van der Waals surface area (Å²) in [6, 6.07) is 32.2. The second-order valence-electron chi connectivity index (χ2n) is 9.22. The van der Waals surface area contributed by atoms with Crippen LogP contribution >= 0.6 is 0 Å². The third-order valence-corrected chi connectivity index (χ3v) is 7.02. The van der Waals surface area contributed by atoms with Crippen molar-refractivity contribution in [2.75, 3.05) is 20.8 Å². The van der Waals surface area contributed by atoms with Crippen LogP contribution in [0.15, 0.2) is 103 Å². The normalized spacial score (nSPS) is 14.3. The van der Waals surface area contributed by atoms with E-state index in [1.165, 1.54) is 0 Å². The van der Waals surface area contributed by atoms with Gasteiger partial charge in [0, 0.05) is 23.6 Å². The summed E-state index contributed by atoms with van der Waals surface area (Å²) in [5.41, 5.74) is 4.22. The lowest BCUT2D eigenvalue weighted by atomic mass is 9.91. The van der Waals surface area contributed by atoms with Gasteiger partial charge in [0.05, 0.1) is 20.8 Å². The molecule has 4 aromatic carbocycles. The zero-order valence-electron chi connectivity index (χ0n) is 21.5. The van der Waals surface area contributed by atoms with E-state index in [9.17, 15) is 9.59 Å². The lowest BCUT2D eigenvalue weighted by Crippen LogP contribution is -2.40. The SMILES string of the molecule is COc1ccc(OC)c(CN2C(=O)c3ccccc3C2C(=O)NCC(c2ccccc2)c2ccccc2)c1. The Morgan fingerprint density at radius 1 is 0.842 bits per heavy atom. The van der Waals surface area contributed by atoms with E-state index in [1.54, 1.807) is 37.3 Å². The van der Waals surface area contributed by atoms with Gasteiger partial charge in [-0.05, 0) is 41.0 Å². The van der Waals surface area contributed by atoms with E-state index in [2.05, 4.69) is 29.6 Å². The molecule has 0 aliphatic carbocycles. The first-order valence-corrected chi connectivity index (χ1v) is 12.6. The lowest BCUT2D eigenvalue weighted by molar-refractivity contribution is -0.125. The van der Waals surface area contributed by atoms with Crippen LogP contribution in [0.4, 0.5) is 0 Å². The van der Waals surface area contributed by atoms with Crippen LogP contribution in [-0.2, 0) is 11.3 Å². The quantitative estimate of drug-likeness (QED) is 0.332. The summed E-state index contributed by atoms with van der Waals surface area (Å²) >= 11 is 0. The van der Waals surface area contributed by atoms with Gasteiger partial charge >= 0.3 is 0 Å². The summed E-state index contributed by atoms with van der Waals surface area (Å²) in [6.07, 6.45) is 0. The predicted octanol–water partition coefficient (Wildman–Crippen LogP) is 5.35. The molecule has 1 unspecified atom stereocenters. The second-order valence-corrected chi connectivity index (χ2v) is 9.22. The second kappa shape index (κ2) is 11.2. The number of nitrogens with zero attached hydrogens (tertiary/aromatic N) is 1. The summed E-state index contributed by atoms with van der Waals surface area (Å²) in [4.78, 5) is 29.0. The average molecular weight is 507 g/mol. The van der Waals surface area contributed by atoms with Gasteiger partial charge in [-0.3, -0.25) is 9.59 Å². The smallest absolute Gasteiger partial charge is 0.255 e. The molecule has 5 rings (SSSR count). The Kier molecular flexibility index (Phi) is 7.40. The van der Waals surface area contributed by atoms with Crippen molar-refractivity contribution in [3.05, 3.63) is 131 Å². The summed E-state index contributed by atoms with van der Waals surface area (Å²) < 4.78 is 10.9. The molecule has 1 aliphatic rings. The van der Waals surface area contributed by atoms with E-state index in [-0.39, 0.29) is 24.3 Å². The molecule has 0 bridgehead atoms. The molecule has 6 heteroatoms. The molecule has 0 fully saturated rings. The predicted molar refractivity (Wildman–Crippen MR) is 146 cm³/mol. The number of benzene rings is 4. The standard InChI is InChI=1S/C32H30N2O4/c1-37-25-17-18-29(38-2)24(19-25)21-34-30(26-15-9-10-16-27(26)32(34)36)31(35)33-20-28(22-11-5-3-6-12-22)23-13-7-4-8-14-23/h3-19,28,30H,20-21H2,1-2H3,(H,33,35). The van der Waals surface area contributed by atoms with E-state index in [0.29, 0.717) is 29.2 Å². The Bertz CT molecular complexity index is 1380. The van der Waals surface area contributed by atoms with E-state index < -0.39 is 6.04 Å². The van der Waals surface area contributed by atoms with Crippen molar-refractivity contribution in [3.63, 3.8) is 0 Å². The molecule has 1 atom stereocenters. The zero-order chi connectivity index (χ0) is 26.5. The molecule has 6 nitrogen and oxygen atoms in total. The van der Waals surface area contributed by atoms with Crippen LogP contribution in [0.1, 0.15) is 44.6 Å². The van der Waals surface area contributed by atoms with E-state index in [4.69, 9.17) is 9.47 Å². The van der Waals surface area contributed by atoms with Gasteiger partial charge in [-0.2, -0.15) is 0 Å². The number of rotatable bonds is 9. The van der Waals surface area contributed by atoms with Crippen molar-refractivity contribution in [2.24, 2.45) is 0 Å². The lowest BCUT2D eigenvalue weighted by Gasteiger charge is -2.27. The highest BCUT2D eigenvalue weighted by Gasteiger charge is 2.41. The van der Waals surface area contributed by atoms with Crippen LogP contribution in [0.25, 0.3) is 0 Å². The molecular weight excluding hydrogens is 476 g/mol. The molecular formula is C32H30N2O4. The van der Waals surface area contributed by atoms with Crippen LogP contribution in [0.5, 0.6) is 11.5 Å². The highest BCUT2D eigenvalue weighted by molar-refractivity contribution is 6.04. The highest BCUT2D eigenvalue weighted by atomic mass is 16.5. The number of carbonyl (C=O) groups is 2. The number of amides is 2. The first-order chi connectivity index (χ1) is 18.6. The fraction of sp³-hybridized carbons (Fsp3) is 0.188. The Labute approximate surface area is 222 Å². The minimum Gasteiger partial charge on any atom is -0.497 e. The third-order valence-electron chi connectivity index (χ3n) is 7.02. The van der Waals surface area contributed by atoms with Gasteiger partial charge < -0.3 is 19.7 Å². The molecule has 0 spiro atoms. The number of nitrogens with one attached hydrogen (secondary N) is 1. The highest BCUT2D eigenvalue weighted by Crippen LogP contribution is 2.37. The minimum atomic E-state index is -0.762. The van der Waals surface area contributed by atoms with Crippen LogP contribution in [0.3, 0.4) is 0 Å². The Balaban J connectivity index is 1.44. The molecule has 0 aromatic heterocycles. The first kappa shape index (κ1) is 25.1. The number of methoxy groups -OCH3 is 2. The Morgan fingerprint density at radius 3 is 2.11 bits per heavy atom. The number of hydrogen-bond acceptors (Lipinski definition) is 4. The Morgan fingerprint density at radius 2 is 1.47 bits per heavy atom. The van der Waals surface area contributed by atoms with Gasteiger partial charge in [0.25, 0.3) is 5.91 Å². The number of fused-ring (bicyclic) bond motifs is 1. The topological polar surface area (TPSA) is 67.9 Å². The monoisotopic (exact) mass is 506 g/mol. The largest absolute Gasteiger partial charge is 0.497 e. The van der Waals surface area contributed by atoms with Gasteiger partial charge in [0.1, 0.15) is 17.5 Å². The van der Waals surface area contributed by atoms with Gasteiger partial charge in [0.2, 0.25) is 5.91 Å². The molecule has 1 heterocycles. The molecule has 192 valence electrons. The molecule has 0 saturated carbocycles. The minimum absolute atomic E-state index is 0.0272. The molecule has 0 radical (unpaired) electrons. The summed E-state index contributed by atoms with van der Waals surface area (Å²) in [6.45, 7) is 0.600. The number of hydrogen-bond donors (Lipinski definition) is 1. The van der Waals surface area contributed by atoms with Crippen molar-refractivity contribution < 1.29 is 19.1 Å². The number of carbonyl (C=O) groups excluding carboxylic acids is 2. The van der Waals surface area contributed by atoms with Gasteiger partial charge in [0.15, 0.2) is 0 Å². The maximum absolute atomic E-state index is 13.8. The third kappa shape index (κ3) is 4.98. The summed E-state index contributed by atoms with van der Waals surface area (Å²) in [5, 5.41) is 3.16. The maximum atomic E-state index is 13.8. The molecule has 1 aliphatic heterocycles. The first-order valence-electron chi connectivity index (χ1n) is 12.6. The average Bonchev–Trinajstić information content (AvgIpc) is 3.25. The summed E-state index contributed by atoms with van der Waals surface area (Å²) in [5.74, 6) is 0.845. The fourth-order valence-electron chi connectivity index (χ4n) is 5.10. The van der Waals surface area contributed by atoms with Crippen molar-refractivity contribution in [1.82, 2.24) is 10.2 Å². The maximum Gasteiger partial charge on any atom is 0.255 e. The van der Waals surface area contributed by atoms with Gasteiger partial charge in [-0.1, -0.05) is 78.9 Å². The number of ether oxygens (including phenoxy) is 2. The van der Waals surface area contributed by atoms with Crippen molar-refractivity contribution in [2.45, 2.75) is 18.5 Å². The van der Waals surface area contributed by atoms with Gasteiger partial charge in [-0.15, -0.1) is 0 Å². The van der Waals surface area contributed by atoms with Crippen LogP contribution < -0.4 is 14.8 Å². The molecule has 38 heavy (non-hydrogen) atoms. The van der Waals surface area contributed by atoms with E-state index >= 15 is 0 Å². The zero-order valence-corrected chi connectivity index (χ0v) is 21.5. The van der Waals surface area contributed by atoms with Crippen LogP contribution in [0, 0.1) is 0 Å². The van der Waals surface area contributed by atoms with Gasteiger partial charge in [-0.25, -0.2) is 0 Å². The van der Waals surface area contributed by atoms with Crippen LogP contribution in [-0.4, -0.2) is 37.5 Å². The molecule has 4 aromatic rings. The van der Waals surface area contributed by atoms with Crippen molar-refractivity contribution >= 4 is 11.8 Å². The van der Waals surface area contributed by atoms with E-state index in [0.717, 1.165) is 16.7 Å².